The summed E-state index contributed by atoms with van der Waals surface area (Å²) in [6.45, 7) is 1.44. The van der Waals surface area contributed by atoms with Crippen LogP contribution in [0.25, 0.3) is 11.3 Å². The van der Waals surface area contributed by atoms with Gasteiger partial charge in [0.2, 0.25) is 0 Å². The van der Waals surface area contributed by atoms with Crippen molar-refractivity contribution in [3.8, 4) is 22.8 Å². The lowest BCUT2D eigenvalue weighted by molar-refractivity contribution is 0.101. The zero-order valence-corrected chi connectivity index (χ0v) is 15.3. The second-order valence-corrected chi connectivity index (χ2v) is 6.27. The van der Waals surface area contributed by atoms with Crippen molar-refractivity contribution in [1.82, 2.24) is 9.97 Å². The maximum atomic E-state index is 12.3. The van der Waals surface area contributed by atoms with Crippen LogP contribution in [0.15, 0.2) is 35.8 Å². The van der Waals surface area contributed by atoms with E-state index in [2.05, 4.69) is 15.3 Å². The molecule has 8 heteroatoms. The number of methoxy groups -OCH3 is 2. The minimum atomic E-state index is -0.365. The van der Waals surface area contributed by atoms with Crippen molar-refractivity contribution < 1.29 is 19.1 Å². The van der Waals surface area contributed by atoms with Gasteiger partial charge in [-0.25, -0.2) is 4.98 Å². The molecular weight excluding hydrogens is 354 g/mol. The van der Waals surface area contributed by atoms with E-state index in [0.29, 0.717) is 33.6 Å². The van der Waals surface area contributed by atoms with E-state index in [1.165, 1.54) is 30.5 Å². The maximum absolute atomic E-state index is 12.3. The topological polar surface area (TPSA) is 93.3 Å². The number of thiazole rings is 1. The molecule has 0 spiro atoms. The molecule has 3 aromatic rings. The lowest BCUT2D eigenvalue weighted by Gasteiger charge is -2.08. The Bertz CT molecular complexity index is 961. The molecular formula is C18H17N3O4S. The van der Waals surface area contributed by atoms with Crippen molar-refractivity contribution >= 4 is 28.2 Å². The molecule has 1 aromatic carbocycles. The molecule has 0 radical (unpaired) electrons. The average molecular weight is 371 g/mol. The number of ether oxygens (including phenoxy) is 2. The lowest BCUT2D eigenvalue weighted by Crippen LogP contribution is -2.12. The summed E-state index contributed by atoms with van der Waals surface area (Å²) >= 11 is 1.29. The maximum Gasteiger partial charge on any atom is 0.273 e. The average Bonchev–Trinajstić information content (AvgIpc) is 3.30. The highest BCUT2D eigenvalue weighted by molar-refractivity contribution is 7.14. The van der Waals surface area contributed by atoms with Crippen molar-refractivity contribution in [2.75, 3.05) is 19.5 Å². The quantitative estimate of drug-likeness (QED) is 0.646. The Morgan fingerprint density at radius 2 is 2.00 bits per heavy atom. The largest absolute Gasteiger partial charge is 0.497 e. The number of anilines is 1. The minimum Gasteiger partial charge on any atom is -0.497 e. The predicted molar refractivity (Wildman–Crippen MR) is 99.4 cm³/mol. The number of H-pyrrole nitrogens is 1. The van der Waals surface area contributed by atoms with Gasteiger partial charge >= 0.3 is 0 Å². The van der Waals surface area contributed by atoms with E-state index in [0.717, 1.165) is 5.56 Å². The molecule has 0 aliphatic rings. The van der Waals surface area contributed by atoms with Crippen LogP contribution in [-0.2, 0) is 0 Å². The standard InChI is InChI=1S/C18H17N3O4S/c1-10(22)11-6-14(19-8-11)17(23)21-18-20-15(9-26-18)13-7-12(24-2)4-5-16(13)25-3/h4-9,19H,1-3H3,(H,20,21,23). The Morgan fingerprint density at radius 1 is 1.19 bits per heavy atom. The molecule has 0 aliphatic heterocycles. The van der Waals surface area contributed by atoms with Crippen molar-refractivity contribution in [2.45, 2.75) is 6.92 Å². The van der Waals surface area contributed by atoms with Crippen LogP contribution >= 0.6 is 11.3 Å². The fraction of sp³-hybridized carbons (Fsp3) is 0.167. The molecule has 26 heavy (non-hydrogen) atoms. The molecule has 0 saturated carbocycles. The highest BCUT2D eigenvalue weighted by Crippen LogP contribution is 2.35. The Balaban J connectivity index is 1.81. The summed E-state index contributed by atoms with van der Waals surface area (Å²) in [5.41, 5.74) is 2.18. The number of nitrogens with zero attached hydrogens (tertiary/aromatic N) is 1. The second kappa shape index (κ2) is 7.40. The number of amides is 1. The zero-order valence-electron chi connectivity index (χ0n) is 14.5. The van der Waals surface area contributed by atoms with Gasteiger partial charge in [0.15, 0.2) is 10.9 Å². The van der Waals surface area contributed by atoms with Gasteiger partial charge in [0.05, 0.1) is 19.9 Å². The number of ketones is 1. The smallest absolute Gasteiger partial charge is 0.273 e. The van der Waals surface area contributed by atoms with Crippen LogP contribution in [-0.4, -0.2) is 35.9 Å². The molecule has 0 atom stereocenters. The number of carbonyl (C=O) groups excluding carboxylic acids is 2. The first kappa shape index (κ1) is 17.7. The van der Waals surface area contributed by atoms with Gasteiger partial charge in [-0.3, -0.25) is 14.9 Å². The number of Topliss-reactive ketones (excluding diaryl/α,β-unsaturated/α-hetero) is 1. The lowest BCUT2D eigenvalue weighted by atomic mass is 10.1. The molecule has 134 valence electrons. The molecule has 7 nitrogen and oxygen atoms in total. The number of hydrogen-bond donors (Lipinski definition) is 2. The Labute approximate surface area is 154 Å². The van der Waals surface area contributed by atoms with E-state index in [-0.39, 0.29) is 11.7 Å². The summed E-state index contributed by atoms with van der Waals surface area (Å²) in [5.74, 6) is 0.866. The third-order valence-corrected chi connectivity index (χ3v) is 4.50. The molecule has 0 bridgehead atoms. The van der Waals surface area contributed by atoms with Gasteiger partial charge in [-0.1, -0.05) is 0 Å². The highest BCUT2D eigenvalue weighted by atomic mass is 32.1. The number of hydrogen-bond acceptors (Lipinski definition) is 6. The van der Waals surface area contributed by atoms with Crippen molar-refractivity contribution in [1.29, 1.82) is 0 Å². The molecule has 3 rings (SSSR count). The first-order valence-electron chi connectivity index (χ1n) is 7.70. The van der Waals surface area contributed by atoms with Gasteiger partial charge in [0.25, 0.3) is 5.91 Å². The van der Waals surface area contributed by atoms with E-state index in [4.69, 9.17) is 9.47 Å². The first-order valence-corrected chi connectivity index (χ1v) is 8.58. The van der Waals surface area contributed by atoms with E-state index in [9.17, 15) is 9.59 Å². The molecule has 0 unspecified atom stereocenters. The van der Waals surface area contributed by atoms with E-state index in [1.807, 2.05) is 11.4 Å². The molecule has 1 amide bonds. The number of nitrogens with one attached hydrogen (secondary N) is 2. The molecule has 2 aromatic heterocycles. The third kappa shape index (κ3) is 3.60. The van der Waals surface area contributed by atoms with Crippen LogP contribution in [0.3, 0.4) is 0 Å². The number of aromatic amines is 1. The number of benzene rings is 1. The van der Waals surface area contributed by atoms with Gasteiger partial charge in [0, 0.05) is 22.7 Å². The van der Waals surface area contributed by atoms with Crippen LogP contribution in [0.2, 0.25) is 0 Å². The second-order valence-electron chi connectivity index (χ2n) is 5.42. The van der Waals surface area contributed by atoms with E-state index >= 15 is 0 Å². The fourth-order valence-electron chi connectivity index (χ4n) is 2.36. The molecule has 0 aliphatic carbocycles. The minimum absolute atomic E-state index is 0.109. The Morgan fingerprint density at radius 3 is 2.65 bits per heavy atom. The van der Waals surface area contributed by atoms with Crippen LogP contribution in [0.5, 0.6) is 11.5 Å². The molecule has 0 fully saturated rings. The van der Waals surface area contributed by atoms with Crippen molar-refractivity contribution in [3.05, 3.63) is 47.1 Å². The van der Waals surface area contributed by atoms with Crippen LogP contribution in [0, 0.1) is 0 Å². The van der Waals surface area contributed by atoms with Gasteiger partial charge in [-0.2, -0.15) is 0 Å². The monoisotopic (exact) mass is 371 g/mol. The van der Waals surface area contributed by atoms with Crippen LogP contribution < -0.4 is 14.8 Å². The highest BCUT2D eigenvalue weighted by Gasteiger charge is 2.15. The SMILES string of the molecule is COc1ccc(OC)c(-c2csc(NC(=O)c3cc(C(C)=O)c[nH]3)n2)c1. The Kier molecular flexibility index (Phi) is 5.04. The zero-order chi connectivity index (χ0) is 18.7. The normalized spacial score (nSPS) is 10.4. The summed E-state index contributed by atoms with van der Waals surface area (Å²) in [7, 11) is 3.17. The van der Waals surface area contributed by atoms with Crippen molar-refractivity contribution in [2.24, 2.45) is 0 Å². The molecule has 0 saturated heterocycles. The van der Waals surface area contributed by atoms with Gasteiger partial charge in [0.1, 0.15) is 17.2 Å². The van der Waals surface area contributed by atoms with Gasteiger partial charge < -0.3 is 14.5 Å². The predicted octanol–water partition coefficient (Wildman–Crippen LogP) is 3.61. The molecule has 2 N–H and O–H groups in total. The van der Waals surface area contributed by atoms with Gasteiger partial charge in [-0.15, -0.1) is 11.3 Å². The van der Waals surface area contributed by atoms with Gasteiger partial charge in [-0.05, 0) is 31.2 Å². The van der Waals surface area contributed by atoms with Crippen LogP contribution in [0.4, 0.5) is 5.13 Å². The third-order valence-electron chi connectivity index (χ3n) is 3.74. The summed E-state index contributed by atoms with van der Waals surface area (Å²) in [6.07, 6.45) is 1.51. The van der Waals surface area contributed by atoms with E-state index < -0.39 is 0 Å². The summed E-state index contributed by atoms with van der Waals surface area (Å²) < 4.78 is 10.6. The number of rotatable bonds is 6. The molecule has 2 heterocycles. The number of carbonyl (C=O) groups is 2. The number of aromatic nitrogens is 2. The summed E-state index contributed by atoms with van der Waals surface area (Å²) in [5, 5.41) is 4.98. The summed E-state index contributed by atoms with van der Waals surface area (Å²) in [6, 6.07) is 6.93. The Hall–Kier alpha value is -3.13. The van der Waals surface area contributed by atoms with E-state index in [1.54, 1.807) is 26.4 Å². The first-order chi connectivity index (χ1) is 12.5. The van der Waals surface area contributed by atoms with Crippen LogP contribution in [0.1, 0.15) is 27.8 Å². The van der Waals surface area contributed by atoms with Crippen molar-refractivity contribution in [3.63, 3.8) is 0 Å². The summed E-state index contributed by atoms with van der Waals surface area (Å²) in [4.78, 5) is 30.8. The fourth-order valence-corrected chi connectivity index (χ4v) is 3.07.